The van der Waals surface area contributed by atoms with E-state index in [0.717, 1.165) is 5.56 Å². The number of halogens is 1. The van der Waals surface area contributed by atoms with Gasteiger partial charge in [0.2, 0.25) is 0 Å². The van der Waals surface area contributed by atoms with Gasteiger partial charge in [-0.1, -0.05) is 11.6 Å². The molecule has 3 nitrogen and oxygen atoms in total. The van der Waals surface area contributed by atoms with Gasteiger partial charge in [-0.2, -0.15) is 10.4 Å². The van der Waals surface area contributed by atoms with Gasteiger partial charge in [-0.25, -0.2) is 0 Å². The molecule has 0 saturated heterocycles. The Labute approximate surface area is 63.8 Å². The van der Waals surface area contributed by atoms with Gasteiger partial charge in [0.05, 0.1) is 0 Å². The number of aryl methyl sites for hydroxylation is 1. The van der Waals surface area contributed by atoms with Crippen molar-refractivity contribution >= 4 is 11.6 Å². The van der Waals surface area contributed by atoms with Gasteiger partial charge < -0.3 is 0 Å². The van der Waals surface area contributed by atoms with Crippen LogP contribution in [0.1, 0.15) is 11.3 Å². The average molecular weight is 156 g/mol. The molecule has 0 saturated carbocycles. The molecule has 0 aliphatic rings. The number of nitriles is 1. The summed E-state index contributed by atoms with van der Waals surface area (Å²) >= 11 is 5.73. The highest BCUT2D eigenvalue weighted by Crippen LogP contribution is 2.16. The van der Waals surface area contributed by atoms with Crippen LogP contribution in [0.5, 0.6) is 0 Å². The second-order valence-corrected chi connectivity index (χ2v) is 2.36. The van der Waals surface area contributed by atoms with Crippen LogP contribution in [-0.4, -0.2) is 9.78 Å². The first kappa shape index (κ1) is 7.10. The monoisotopic (exact) mass is 155 g/mol. The van der Waals surface area contributed by atoms with Crippen LogP contribution >= 0.6 is 11.6 Å². The molecule has 1 aromatic rings. The summed E-state index contributed by atoms with van der Waals surface area (Å²) in [4.78, 5) is 0. The molecule has 0 amide bonds. The molecule has 52 valence electrons. The van der Waals surface area contributed by atoms with E-state index in [9.17, 15) is 0 Å². The van der Waals surface area contributed by atoms with Crippen molar-refractivity contribution in [3.8, 4) is 6.07 Å². The van der Waals surface area contributed by atoms with Gasteiger partial charge in [0, 0.05) is 12.6 Å². The summed E-state index contributed by atoms with van der Waals surface area (Å²) in [6.45, 7) is 1.77. The molecule has 1 aromatic heterocycles. The van der Waals surface area contributed by atoms with Crippen molar-refractivity contribution in [2.24, 2.45) is 7.05 Å². The van der Waals surface area contributed by atoms with Crippen LogP contribution in [0.15, 0.2) is 0 Å². The Hall–Kier alpha value is -1.01. The molecule has 0 aliphatic carbocycles. The molecule has 0 unspecified atom stereocenters. The fraction of sp³-hybridized carbons (Fsp3) is 0.333. The van der Waals surface area contributed by atoms with Crippen LogP contribution in [0.25, 0.3) is 0 Å². The predicted octanol–water partition coefficient (Wildman–Crippen LogP) is 1.25. The maximum absolute atomic E-state index is 8.47. The van der Waals surface area contributed by atoms with Crippen molar-refractivity contribution in [1.82, 2.24) is 9.78 Å². The third kappa shape index (κ3) is 0.869. The van der Waals surface area contributed by atoms with Gasteiger partial charge in [0.15, 0.2) is 5.69 Å². The lowest BCUT2D eigenvalue weighted by atomic mass is 10.3. The number of rotatable bonds is 0. The lowest BCUT2D eigenvalue weighted by molar-refractivity contribution is 0.764. The van der Waals surface area contributed by atoms with Crippen molar-refractivity contribution in [3.05, 3.63) is 16.4 Å². The van der Waals surface area contributed by atoms with E-state index in [2.05, 4.69) is 5.10 Å². The maximum atomic E-state index is 8.47. The summed E-state index contributed by atoms with van der Waals surface area (Å²) in [5.41, 5.74) is 1.14. The molecule has 1 rings (SSSR count). The van der Waals surface area contributed by atoms with Crippen LogP contribution in [0.3, 0.4) is 0 Å². The summed E-state index contributed by atoms with van der Waals surface area (Å²) in [6, 6.07) is 1.94. The van der Waals surface area contributed by atoms with Crippen molar-refractivity contribution < 1.29 is 0 Å². The average Bonchev–Trinajstić information content (AvgIpc) is 2.17. The van der Waals surface area contributed by atoms with Crippen LogP contribution in [0.4, 0.5) is 0 Å². The Morgan fingerprint density at radius 1 is 1.70 bits per heavy atom. The zero-order valence-corrected chi connectivity index (χ0v) is 6.48. The second-order valence-electron chi connectivity index (χ2n) is 2.00. The maximum Gasteiger partial charge on any atom is 0.166 e. The molecule has 0 N–H and O–H groups in total. The van der Waals surface area contributed by atoms with Crippen LogP contribution in [0.2, 0.25) is 5.15 Å². The quantitative estimate of drug-likeness (QED) is 0.566. The van der Waals surface area contributed by atoms with E-state index >= 15 is 0 Å². The fourth-order valence-corrected chi connectivity index (χ4v) is 0.843. The van der Waals surface area contributed by atoms with Crippen molar-refractivity contribution in [2.75, 3.05) is 0 Å². The summed E-state index contributed by atoms with van der Waals surface area (Å²) < 4.78 is 1.48. The highest BCUT2D eigenvalue weighted by Gasteiger charge is 2.07. The third-order valence-corrected chi connectivity index (χ3v) is 1.83. The number of nitrogens with zero attached hydrogens (tertiary/aromatic N) is 3. The normalized spacial score (nSPS) is 9.40. The second kappa shape index (κ2) is 2.31. The summed E-state index contributed by atoms with van der Waals surface area (Å²) in [6.07, 6.45) is 0. The minimum absolute atomic E-state index is 0.396. The SMILES string of the molecule is Cc1c(C#N)nn(C)c1Cl. The highest BCUT2D eigenvalue weighted by molar-refractivity contribution is 6.30. The van der Waals surface area contributed by atoms with Gasteiger partial charge in [0.1, 0.15) is 11.2 Å². The Kier molecular flexibility index (Phi) is 1.64. The van der Waals surface area contributed by atoms with E-state index in [1.54, 1.807) is 14.0 Å². The Bertz CT molecular complexity index is 295. The largest absolute Gasteiger partial charge is 0.255 e. The first-order valence-electron chi connectivity index (χ1n) is 2.76. The topological polar surface area (TPSA) is 41.6 Å². The van der Waals surface area contributed by atoms with E-state index in [1.807, 2.05) is 6.07 Å². The molecule has 0 atom stereocenters. The first-order chi connectivity index (χ1) is 4.66. The van der Waals surface area contributed by atoms with E-state index in [1.165, 1.54) is 4.68 Å². The van der Waals surface area contributed by atoms with Gasteiger partial charge >= 0.3 is 0 Å². The van der Waals surface area contributed by atoms with Gasteiger partial charge in [0.25, 0.3) is 0 Å². The smallest absolute Gasteiger partial charge is 0.166 e. The van der Waals surface area contributed by atoms with E-state index in [4.69, 9.17) is 16.9 Å². The van der Waals surface area contributed by atoms with E-state index in [0.29, 0.717) is 10.8 Å². The lowest BCUT2D eigenvalue weighted by Crippen LogP contribution is -1.89. The molecule has 4 heteroatoms. The molecule has 0 radical (unpaired) electrons. The predicted molar refractivity (Wildman–Crippen MR) is 37.7 cm³/mol. The summed E-state index contributed by atoms with van der Waals surface area (Å²) in [5, 5.41) is 12.8. The van der Waals surface area contributed by atoms with Gasteiger partial charge in [-0.15, -0.1) is 0 Å². The van der Waals surface area contributed by atoms with E-state index in [-0.39, 0.29) is 0 Å². The molecule has 0 aliphatic heterocycles. The fourth-order valence-electron chi connectivity index (χ4n) is 0.716. The van der Waals surface area contributed by atoms with Gasteiger partial charge in [-0.3, -0.25) is 4.68 Å². The standard InChI is InChI=1S/C6H6ClN3/c1-4-5(3-8)9-10(2)6(4)7/h1-2H3. The minimum atomic E-state index is 0.396. The van der Waals surface area contributed by atoms with Gasteiger partial charge in [-0.05, 0) is 6.92 Å². The molecule has 1 heterocycles. The number of hydrogen-bond donors (Lipinski definition) is 0. The lowest BCUT2D eigenvalue weighted by Gasteiger charge is -1.87. The highest BCUT2D eigenvalue weighted by atomic mass is 35.5. The Morgan fingerprint density at radius 2 is 2.30 bits per heavy atom. The molecule has 0 spiro atoms. The molecular weight excluding hydrogens is 150 g/mol. The number of aromatic nitrogens is 2. The molecular formula is C6H6ClN3. The minimum Gasteiger partial charge on any atom is -0.255 e. The van der Waals surface area contributed by atoms with E-state index < -0.39 is 0 Å². The molecule has 0 aromatic carbocycles. The first-order valence-corrected chi connectivity index (χ1v) is 3.13. The zero-order valence-electron chi connectivity index (χ0n) is 5.72. The Morgan fingerprint density at radius 3 is 2.50 bits per heavy atom. The van der Waals surface area contributed by atoms with Crippen molar-refractivity contribution in [1.29, 1.82) is 5.26 Å². The summed E-state index contributed by atoms with van der Waals surface area (Å²) in [5.74, 6) is 0. The zero-order chi connectivity index (χ0) is 7.72. The van der Waals surface area contributed by atoms with Crippen molar-refractivity contribution in [2.45, 2.75) is 6.92 Å². The van der Waals surface area contributed by atoms with Crippen molar-refractivity contribution in [3.63, 3.8) is 0 Å². The molecule has 0 bridgehead atoms. The Balaban J connectivity index is 3.34. The molecule has 0 fully saturated rings. The van der Waals surface area contributed by atoms with Crippen LogP contribution < -0.4 is 0 Å². The third-order valence-electron chi connectivity index (χ3n) is 1.30. The number of hydrogen-bond acceptors (Lipinski definition) is 2. The summed E-state index contributed by atoms with van der Waals surface area (Å²) in [7, 11) is 1.70. The molecule has 10 heavy (non-hydrogen) atoms. The van der Waals surface area contributed by atoms with Crippen LogP contribution in [-0.2, 0) is 7.05 Å². The van der Waals surface area contributed by atoms with Crippen LogP contribution in [0, 0.1) is 18.3 Å².